The normalized spacial score (nSPS) is 24.8. The largest absolute Gasteiger partial charge is 0.479 e. The number of amides is 2. The summed E-state index contributed by atoms with van der Waals surface area (Å²) < 4.78 is 38.2. The molecule has 0 spiro atoms. The lowest BCUT2D eigenvalue weighted by molar-refractivity contribution is -0.203. The summed E-state index contributed by atoms with van der Waals surface area (Å²) in [5.41, 5.74) is -3.27. The number of halogens is 3. The van der Waals surface area contributed by atoms with E-state index in [1.165, 1.54) is 5.32 Å². The first kappa shape index (κ1) is 16.6. The molecule has 0 aromatic rings. The molecule has 2 unspecified atom stereocenters. The number of alkyl halides is 3. The highest BCUT2D eigenvalue weighted by Gasteiger charge is 2.58. The molecule has 2 atom stereocenters. The molecule has 0 bridgehead atoms. The van der Waals surface area contributed by atoms with Gasteiger partial charge in [-0.15, -0.1) is 0 Å². The Balaban J connectivity index is 2.67. The zero-order valence-electron chi connectivity index (χ0n) is 11.6. The van der Waals surface area contributed by atoms with Crippen LogP contribution in [0, 0.1) is 5.41 Å². The summed E-state index contributed by atoms with van der Waals surface area (Å²) in [5.74, 6) is -2.15. The van der Waals surface area contributed by atoms with E-state index in [1.54, 1.807) is 0 Å². The van der Waals surface area contributed by atoms with E-state index < -0.39 is 23.7 Å². The van der Waals surface area contributed by atoms with Gasteiger partial charge in [0.25, 0.3) is 0 Å². The van der Waals surface area contributed by atoms with Crippen LogP contribution < -0.4 is 10.6 Å². The van der Waals surface area contributed by atoms with Gasteiger partial charge in [0.1, 0.15) is 0 Å². The summed E-state index contributed by atoms with van der Waals surface area (Å²) in [4.78, 5) is 22.4. The Morgan fingerprint density at radius 1 is 1.30 bits per heavy atom. The summed E-state index contributed by atoms with van der Waals surface area (Å²) >= 11 is 0. The van der Waals surface area contributed by atoms with Crippen LogP contribution in [0.1, 0.15) is 40.0 Å². The summed E-state index contributed by atoms with van der Waals surface area (Å²) in [7, 11) is 0. The minimum Gasteiger partial charge on any atom is -0.479 e. The number of urea groups is 1. The Bertz CT molecular complexity index is 409. The van der Waals surface area contributed by atoms with Gasteiger partial charge in [0.2, 0.25) is 5.54 Å². The first-order valence-corrected chi connectivity index (χ1v) is 6.26. The Morgan fingerprint density at radius 2 is 1.85 bits per heavy atom. The molecule has 0 saturated heterocycles. The average Bonchev–Trinajstić information content (AvgIpc) is 2.55. The second-order valence-corrected chi connectivity index (χ2v) is 6.13. The molecular formula is C12H19F3N2O3. The van der Waals surface area contributed by atoms with Crippen LogP contribution in [-0.4, -0.2) is 34.9 Å². The number of hydrogen-bond acceptors (Lipinski definition) is 2. The lowest BCUT2D eigenvalue weighted by Gasteiger charge is -2.29. The van der Waals surface area contributed by atoms with Crippen molar-refractivity contribution in [2.45, 2.75) is 57.8 Å². The van der Waals surface area contributed by atoms with E-state index in [2.05, 4.69) is 5.32 Å². The minimum atomic E-state index is -5.08. The number of carbonyl (C=O) groups excluding carboxylic acids is 1. The first-order valence-electron chi connectivity index (χ1n) is 6.26. The first-order chi connectivity index (χ1) is 8.87. The molecule has 20 heavy (non-hydrogen) atoms. The number of carboxylic acids is 1. The van der Waals surface area contributed by atoms with Gasteiger partial charge in [0, 0.05) is 6.04 Å². The van der Waals surface area contributed by atoms with Gasteiger partial charge in [-0.1, -0.05) is 13.8 Å². The zero-order chi connectivity index (χ0) is 15.8. The van der Waals surface area contributed by atoms with Crippen LogP contribution in [0.3, 0.4) is 0 Å². The zero-order valence-corrected chi connectivity index (χ0v) is 11.6. The van der Waals surface area contributed by atoms with Gasteiger partial charge in [-0.3, -0.25) is 0 Å². The van der Waals surface area contributed by atoms with E-state index in [1.807, 2.05) is 13.8 Å². The van der Waals surface area contributed by atoms with Crippen molar-refractivity contribution in [1.82, 2.24) is 10.6 Å². The van der Waals surface area contributed by atoms with Crippen molar-refractivity contribution in [2.75, 3.05) is 0 Å². The molecule has 3 N–H and O–H groups in total. The van der Waals surface area contributed by atoms with Crippen molar-refractivity contribution in [3.05, 3.63) is 0 Å². The van der Waals surface area contributed by atoms with Crippen molar-refractivity contribution in [1.29, 1.82) is 0 Å². The molecule has 0 heterocycles. The number of rotatable bonds is 3. The van der Waals surface area contributed by atoms with Crippen molar-refractivity contribution >= 4 is 12.0 Å². The van der Waals surface area contributed by atoms with Gasteiger partial charge < -0.3 is 15.7 Å². The summed E-state index contributed by atoms with van der Waals surface area (Å²) in [6.45, 7) is 4.43. The fourth-order valence-electron chi connectivity index (χ4n) is 2.25. The predicted octanol–water partition coefficient (Wildman–Crippen LogP) is 2.27. The number of aliphatic carboxylic acids is 1. The van der Waals surface area contributed by atoms with E-state index in [0.29, 0.717) is 19.8 Å². The van der Waals surface area contributed by atoms with Crippen molar-refractivity contribution in [3.8, 4) is 0 Å². The van der Waals surface area contributed by atoms with E-state index in [4.69, 9.17) is 5.11 Å². The molecule has 0 radical (unpaired) electrons. The Labute approximate surface area is 114 Å². The third-order valence-electron chi connectivity index (χ3n) is 3.66. The maximum Gasteiger partial charge on any atom is 0.422 e. The third kappa shape index (κ3) is 3.55. The highest BCUT2D eigenvalue weighted by molar-refractivity contribution is 5.86. The highest BCUT2D eigenvalue weighted by atomic mass is 19.4. The van der Waals surface area contributed by atoms with Gasteiger partial charge >= 0.3 is 18.2 Å². The van der Waals surface area contributed by atoms with E-state index in [9.17, 15) is 22.8 Å². The van der Waals surface area contributed by atoms with Gasteiger partial charge in [0.05, 0.1) is 0 Å². The van der Waals surface area contributed by atoms with E-state index in [-0.39, 0.29) is 11.5 Å². The topological polar surface area (TPSA) is 78.4 Å². The van der Waals surface area contributed by atoms with Gasteiger partial charge in [-0.05, 0) is 31.6 Å². The number of carboxylic acid groups (broad SMARTS) is 1. The Kier molecular flexibility index (Phi) is 4.26. The molecule has 0 aromatic heterocycles. The lowest BCUT2D eigenvalue weighted by Crippen LogP contribution is -2.64. The molecule has 1 fully saturated rings. The highest BCUT2D eigenvalue weighted by Crippen LogP contribution is 2.37. The Morgan fingerprint density at radius 3 is 2.20 bits per heavy atom. The maximum absolute atomic E-state index is 12.7. The molecule has 8 heteroatoms. The van der Waals surface area contributed by atoms with Gasteiger partial charge in [0.15, 0.2) is 0 Å². The van der Waals surface area contributed by atoms with E-state index in [0.717, 1.165) is 6.42 Å². The Hall–Kier alpha value is -1.47. The fraction of sp³-hybridized carbons (Fsp3) is 0.833. The van der Waals surface area contributed by atoms with Crippen LogP contribution in [0.4, 0.5) is 18.0 Å². The second-order valence-electron chi connectivity index (χ2n) is 6.13. The monoisotopic (exact) mass is 296 g/mol. The van der Waals surface area contributed by atoms with Gasteiger partial charge in [-0.25, -0.2) is 9.59 Å². The number of carbonyl (C=O) groups is 2. The lowest BCUT2D eigenvalue weighted by atomic mass is 9.92. The number of nitrogens with one attached hydrogen (secondary N) is 2. The molecule has 5 nitrogen and oxygen atoms in total. The summed E-state index contributed by atoms with van der Waals surface area (Å²) in [6.07, 6.45) is -2.91. The summed E-state index contributed by atoms with van der Waals surface area (Å²) in [6, 6.07) is -1.36. The minimum absolute atomic E-state index is 0.0259. The molecule has 1 aliphatic rings. The average molecular weight is 296 g/mol. The van der Waals surface area contributed by atoms with Crippen molar-refractivity contribution < 1.29 is 27.9 Å². The predicted molar refractivity (Wildman–Crippen MR) is 65.2 cm³/mol. The molecule has 0 aromatic carbocycles. The van der Waals surface area contributed by atoms with Crippen molar-refractivity contribution in [2.24, 2.45) is 5.41 Å². The van der Waals surface area contributed by atoms with Crippen LogP contribution in [0.25, 0.3) is 0 Å². The molecule has 116 valence electrons. The van der Waals surface area contributed by atoms with Crippen LogP contribution in [0.15, 0.2) is 0 Å². The molecule has 0 aliphatic heterocycles. The SMILES string of the molecule is CC1(C)CCC(NC(=O)NC(C)(C(=O)O)C(F)(F)F)C1. The maximum atomic E-state index is 12.7. The van der Waals surface area contributed by atoms with Crippen LogP contribution in [-0.2, 0) is 4.79 Å². The molecule has 1 saturated carbocycles. The van der Waals surface area contributed by atoms with Crippen LogP contribution in [0.2, 0.25) is 0 Å². The third-order valence-corrected chi connectivity index (χ3v) is 3.66. The quantitative estimate of drug-likeness (QED) is 0.747. The molecule has 1 aliphatic carbocycles. The number of hydrogen-bond donors (Lipinski definition) is 3. The molecule has 2 amide bonds. The molecular weight excluding hydrogens is 277 g/mol. The van der Waals surface area contributed by atoms with E-state index >= 15 is 0 Å². The van der Waals surface area contributed by atoms with Crippen LogP contribution in [0.5, 0.6) is 0 Å². The molecule has 1 rings (SSSR count). The fourth-order valence-corrected chi connectivity index (χ4v) is 2.25. The second kappa shape index (κ2) is 5.14. The van der Waals surface area contributed by atoms with Gasteiger partial charge in [-0.2, -0.15) is 13.2 Å². The van der Waals surface area contributed by atoms with Crippen LogP contribution >= 0.6 is 0 Å². The summed E-state index contributed by atoms with van der Waals surface area (Å²) in [5, 5.41) is 12.6. The standard InChI is InChI=1S/C12H19F3N2O3/c1-10(2)5-4-7(6-10)16-9(20)17-11(3,8(18)19)12(13,14)15/h7H,4-6H2,1-3H3,(H,18,19)(H2,16,17,20). The van der Waals surface area contributed by atoms with Crippen molar-refractivity contribution in [3.63, 3.8) is 0 Å². The smallest absolute Gasteiger partial charge is 0.422 e.